The molecule has 0 fully saturated rings. The van der Waals surface area contributed by atoms with E-state index in [1.165, 1.54) is 108 Å². The molecule has 0 aliphatic carbocycles. The molecule has 2 N–H and O–H groups in total. The molecule has 0 radical (unpaired) electrons. The molecule has 0 spiro atoms. The van der Waals surface area contributed by atoms with Crippen LogP contribution in [0.5, 0.6) is 5.75 Å². The first-order chi connectivity index (χ1) is 16.6. The molecule has 0 aromatic heterocycles. The number of phenolic OH excluding ortho intramolecular Hbond substituents is 1. The first kappa shape index (κ1) is 32.0. The average Bonchev–Trinajstić information content (AvgIpc) is 2.77. The van der Waals surface area contributed by atoms with E-state index in [2.05, 4.69) is 65.9 Å². The predicted octanol–water partition coefficient (Wildman–Crippen LogP) is 10.3. The van der Waals surface area contributed by atoms with Crippen LogP contribution in [0.4, 0.5) is 0 Å². The van der Waals surface area contributed by atoms with Gasteiger partial charge in [-0.25, -0.2) is 0 Å². The summed E-state index contributed by atoms with van der Waals surface area (Å²) >= 11 is 0. The zero-order chi connectivity index (χ0) is 26.2. The van der Waals surface area contributed by atoms with Crippen molar-refractivity contribution in [3.05, 3.63) is 28.8 Å². The molecular formula is C33H61NO. The van der Waals surface area contributed by atoms with Gasteiger partial charge < -0.3 is 10.4 Å². The molecule has 2 nitrogen and oxygen atoms in total. The Morgan fingerprint density at radius 3 is 1.43 bits per heavy atom. The largest absolute Gasteiger partial charge is 0.507 e. The lowest BCUT2D eigenvalue weighted by Crippen LogP contribution is -2.20. The van der Waals surface area contributed by atoms with Crippen LogP contribution in [0.25, 0.3) is 0 Å². The summed E-state index contributed by atoms with van der Waals surface area (Å²) in [6, 6.07) is 4.40. The van der Waals surface area contributed by atoms with Crippen molar-refractivity contribution in [3.63, 3.8) is 0 Å². The van der Waals surface area contributed by atoms with Crippen molar-refractivity contribution in [2.45, 2.75) is 169 Å². The van der Waals surface area contributed by atoms with E-state index in [0.717, 1.165) is 24.2 Å². The number of phenols is 1. The van der Waals surface area contributed by atoms with Crippen LogP contribution in [0.15, 0.2) is 12.1 Å². The number of nitrogens with one attached hydrogen (secondary N) is 1. The number of benzene rings is 1. The van der Waals surface area contributed by atoms with E-state index in [4.69, 9.17) is 0 Å². The zero-order valence-electron chi connectivity index (χ0n) is 24.8. The summed E-state index contributed by atoms with van der Waals surface area (Å²) < 4.78 is 0. The number of unbranched alkanes of at least 4 members (excludes halogenated alkanes) is 15. The molecule has 204 valence electrons. The normalized spacial score (nSPS) is 12.4. The van der Waals surface area contributed by atoms with E-state index >= 15 is 0 Å². The third-order valence-electron chi connectivity index (χ3n) is 7.39. The third kappa shape index (κ3) is 14.3. The lowest BCUT2D eigenvalue weighted by atomic mass is 9.79. The molecule has 0 bridgehead atoms. The lowest BCUT2D eigenvalue weighted by molar-refractivity contribution is 0.434. The van der Waals surface area contributed by atoms with Gasteiger partial charge in [-0.2, -0.15) is 0 Å². The highest BCUT2D eigenvalue weighted by Gasteiger charge is 2.24. The van der Waals surface area contributed by atoms with Crippen molar-refractivity contribution in [2.75, 3.05) is 6.54 Å². The topological polar surface area (TPSA) is 32.3 Å². The standard InChI is InChI=1S/C33H61NO/c1-8-9-10-11-12-13-14-15-16-17-18-19-20-21-22-23-24-34-27-28-25-29(32(2,3)4)26-30(31(28)35)33(5,6)7/h25-26,34-35H,8-24,27H2,1-7H3. The van der Waals surface area contributed by atoms with Crippen molar-refractivity contribution in [1.82, 2.24) is 5.32 Å². The van der Waals surface area contributed by atoms with Crippen molar-refractivity contribution >= 4 is 0 Å². The van der Waals surface area contributed by atoms with Gasteiger partial charge >= 0.3 is 0 Å². The van der Waals surface area contributed by atoms with Gasteiger partial charge in [-0.1, -0.05) is 157 Å². The van der Waals surface area contributed by atoms with Crippen molar-refractivity contribution in [3.8, 4) is 5.75 Å². The van der Waals surface area contributed by atoms with E-state index in [1.54, 1.807) is 0 Å². The van der Waals surface area contributed by atoms with Gasteiger partial charge in [0.05, 0.1) is 0 Å². The summed E-state index contributed by atoms with van der Waals surface area (Å²) in [5.41, 5.74) is 3.42. The Hall–Kier alpha value is -1.02. The number of rotatable bonds is 19. The molecule has 2 heteroatoms. The Labute approximate surface area is 220 Å². The van der Waals surface area contributed by atoms with Crippen LogP contribution in [0.3, 0.4) is 0 Å². The van der Waals surface area contributed by atoms with Crippen LogP contribution in [0.2, 0.25) is 0 Å². The summed E-state index contributed by atoms with van der Waals surface area (Å²) in [5, 5.41) is 14.5. The van der Waals surface area contributed by atoms with Gasteiger partial charge in [0, 0.05) is 12.1 Å². The van der Waals surface area contributed by atoms with E-state index in [1.807, 2.05) is 0 Å². The van der Waals surface area contributed by atoms with Gasteiger partial charge in [-0.15, -0.1) is 0 Å². The Bertz CT molecular complexity index is 665. The first-order valence-corrected chi connectivity index (χ1v) is 15.1. The van der Waals surface area contributed by atoms with Crippen LogP contribution in [0, 0.1) is 0 Å². The highest BCUT2D eigenvalue weighted by atomic mass is 16.3. The summed E-state index contributed by atoms with van der Waals surface area (Å²) in [5.74, 6) is 0.477. The molecule has 1 aromatic carbocycles. The fourth-order valence-corrected chi connectivity index (χ4v) is 4.86. The van der Waals surface area contributed by atoms with Gasteiger partial charge in [-0.3, -0.25) is 0 Å². The maximum Gasteiger partial charge on any atom is 0.123 e. The van der Waals surface area contributed by atoms with Crippen LogP contribution >= 0.6 is 0 Å². The molecule has 0 heterocycles. The van der Waals surface area contributed by atoms with Crippen molar-refractivity contribution in [1.29, 1.82) is 0 Å². The second kappa shape index (κ2) is 17.4. The second-order valence-corrected chi connectivity index (χ2v) is 13.0. The molecule has 1 rings (SSSR count). The highest BCUT2D eigenvalue weighted by Crippen LogP contribution is 2.37. The molecule has 0 saturated carbocycles. The van der Waals surface area contributed by atoms with E-state index in [-0.39, 0.29) is 10.8 Å². The first-order valence-electron chi connectivity index (χ1n) is 15.1. The minimum Gasteiger partial charge on any atom is -0.507 e. The molecule has 0 aliphatic rings. The summed E-state index contributed by atoms with van der Waals surface area (Å²) in [4.78, 5) is 0. The van der Waals surface area contributed by atoms with Gasteiger partial charge in [0.15, 0.2) is 0 Å². The molecule has 0 aliphatic heterocycles. The van der Waals surface area contributed by atoms with Gasteiger partial charge in [0.2, 0.25) is 0 Å². The van der Waals surface area contributed by atoms with E-state index < -0.39 is 0 Å². The SMILES string of the molecule is CCCCCCCCCCCCCCCCCCNCc1cc(C(C)(C)C)cc(C(C)(C)C)c1O. The van der Waals surface area contributed by atoms with Gasteiger partial charge in [0.25, 0.3) is 0 Å². The highest BCUT2D eigenvalue weighted by molar-refractivity contribution is 5.48. The van der Waals surface area contributed by atoms with E-state index in [9.17, 15) is 5.11 Å². The van der Waals surface area contributed by atoms with Crippen LogP contribution in [-0.4, -0.2) is 11.7 Å². The molecular weight excluding hydrogens is 426 g/mol. The Morgan fingerprint density at radius 2 is 1.03 bits per heavy atom. The van der Waals surface area contributed by atoms with Crippen LogP contribution in [-0.2, 0) is 17.4 Å². The quantitative estimate of drug-likeness (QED) is 0.190. The summed E-state index contributed by atoms with van der Waals surface area (Å²) in [6.45, 7) is 17.4. The van der Waals surface area contributed by atoms with Crippen LogP contribution < -0.4 is 5.32 Å². The molecule has 0 amide bonds. The maximum absolute atomic E-state index is 10.9. The molecule has 0 unspecified atom stereocenters. The number of aromatic hydroxyl groups is 1. The van der Waals surface area contributed by atoms with Crippen LogP contribution in [0.1, 0.15) is 168 Å². The monoisotopic (exact) mass is 487 g/mol. The van der Waals surface area contributed by atoms with Crippen molar-refractivity contribution < 1.29 is 5.11 Å². The minimum atomic E-state index is -0.0615. The lowest BCUT2D eigenvalue weighted by Gasteiger charge is -2.27. The fourth-order valence-electron chi connectivity index (χ4n) is 4.86. The molecule has 1 aromatic rings. The second-order valence-electron chi connectivity index (χ2n) is 13.0. The average molecular weight is 488 g/mol. The minimum absolute atomic E-state index is 0.0615. The van der Waals surface area contributed by atoms with Gasteiger partial charge in [0.1, 0.15) is 5.75 Å². The Morgan fingerprint density at radius 1 is 0.600 bits per heavy atom. The summed E-state index contributed by atoms with van der Waals surface area (Å²) in [6.07, 6.45) is 22.5. The van der Waals surface area contributed by atoms with Crippen molar-refractivity contribution in [2.24, 2.45) is 0 Å². The number of hydrogen-bond donors (Lipinski definition) is 2. The zero-order valence-corrected chi connectivity index (χ0v) is 24.8. The Balaban J connectivity index is 2.12. The number of hydrogen-bond acceptors (Lipinski definition) is 2. The maximum atomic E-state index is 10.9. The van der Waals surface area contributed by atoms with E-state index in [0.29, 0.717) is 5.75 Å². The fraction of sp³-hybridized carbons (Fsp3) is 0.818. The van der Waals surface area contributed by atoms with Gasteiger partial charge in [-0.05, 0) is 34.9 Å². The molecule has 0 atom stereocenters. The smallest absolute Gasteiger partial charge is 0.123 e. The Kier molecular flexibility index (Phi) is 15.9. The summed E-state index contributed by atoms with van der Waals surface area (Å²) in [7, 11) is 0. The predicted molar refractivity (Wildman–Crippen MR) is 157 cm³/mol. The molecule has 0 saturated heterocycles. The third-order valence-corrected chi connectivity index (χ3v) is 7.39. The molecule has 35 heavy (non-hydrogen) atoms.